The molecule has 0 aromatic heterocycles. The Morgan fingerprint density at radius 3 is 0.724 bits per heavy atom. The second-order valence-electron chi connectivity index (χ2n) is 32.1. The van der Waals surface area contributed by atoms with Crippen LogP contribution >= 0.6 is 15.6 Å². The molecule has 0 aliphatic carbocycles. The molecule has 0 rings (SSSR count). The second-order valence-corrected chi connectivity index (χ2v) is 35.0. The van der Waals surface area contributed by atoms with E-state index >= 15 is 0 Å². The van der Waals surface area contributed by atoms with Crippen molar-refractivity contribution in [2.24, 2.45) is 17.8 Å². The molecule has 0 heterocycles. The summed E-state index contributed by atoms with van der Waals surface area (Å²) in [5, 5.41) is 10.7. The Hall–Kier alpha value is -1.94. The van der Waals surface area contributed by atoms with Gasteiger partial charge < -0.3 is 33.8 Å². The second kappa shape index (κ2) is 76.1. The number of carbonyl (C=O) groups excluding carboxylic acids is 4. The lowest BCUT2D eigenvalue weighted by Crippen LogP contribution is -2.30. The standard InChI is InChI=1S/C86H168O17P2/c1-8-10-11-12-13-14-15-16-17-21-28-33-40-48-55-62-69-86(91)103-82(74-97-84(89)68-61-54-47-42-35-37-44-51-58-65-78(5)6)76-101-105(94,95)99-72-80(87)71-98-104(92,93)100-75-81(73-96-83(88)67-60-53-46-39-32-27-24-23-26-31-38-45-52-59-66-79(7)9-2)102-85(90)70-63-56-49-41-34-29-22-19-18-20-25-30-36-43-50-57-64-77(3)4/h77-82,87H,8-76H2,1-7H3,(H,92,93)(H,94,95)/t79?,80-,81-,82-/m1/s1. The van der Waals surface area contributed by atoms with Gasteiger partial charge in [-0.25, -0.2) is 9.13 Å². The smallest absolute Gasteiger partial charge is 0.462 e. The summed E-state index contributed by atoms with van der Waals surface area (Å²) in [7, 11) is -9.93. The maximum Gasteiger partial charge on any atom is 0.472 e. The Morgan fingerprint density at radius 1 is 0.276 bits per heavy atom. The van der Waals surface area contributed by atoms with Gasteiger partial charge in [-0.3, -0.25) is 37.3 Å². The predicted octanol–water partition coefficient (Wildman–Crippen LogP) is 26.1. The summed E-state index contributed by atoms with van der Waals surface area (Å²) in [6, 6.07) is 0. The Morgan fingerprint density at radius 2 is 0.486 bits per heavy atom. The van der Waals surface area contributed by atoms with Crippen molar-refractivity contribution in [1.29, 1.82) is 0 Å². The molecule has 0 spiro atoms. The maximum absolute atomic E-state index is 13.1. The Bertz CT molecular complexity index is 2030. The molecular formula is C86H168O17P2. The van der Waals surface area contributed by atoms with Gasteiger partial charge in [-0.2, -0.15) is 0 Å². The molecule has 0 amide bonds. The van der Waals surface area contributed by atoms with Gasteiger partial charge >= 0.3 is 39.5 Å². The Balaban J connectivity index is 5.26. The zero-order valence-electron chi connectivity index (χ0n) is 69.2. The van der Waals surface area contributed by atoms with Crippen molar-refractivity contribution in [2.75, 3.05) is 39.6 Å². The van der Waals surface area contributed by atoms with E-state index in [1.807, 2.05) is 0 Å². The van der Waals surface area contributed by atoms with Crippen LogP contribution < -0.4 is 0 Å². The Labute approximate surface area is 645 Å². The van der Waals surface area contributed by atoms with E-state index in [1.165, 1.54) is 263 Å². The predicted molar refractivity (Wildman–Crippen MR) is 432 cm³/mol. The van der Waals surface area contributed by atoms with Crippen molar-refractivity contribution in [3.05, 3.63) is 0 Å². The van der Waals surface area contributed by atoms with Gasteiger partial charge in [0.25, 0.3) is 0 Å². The zero-order chi connectivity index (χ0) is 77.2. The topological polar surface area (TPSA) is 237 Å². The van der Waals surface area contributed by atoms with E-state index in [9.17, 15) is 43.2 Å². The summed E-state index contributed by atoms with van der Waals surface area (Å²) >= 11 is 0. The van der Waals surface area contributed by atoms with Crippen molar-refractivity contribution >= 4 is 39.5 Å². The van der Waals surface area contributed by atoms with E-state index in [1.54, 1.807) is 0 Å². The monoisotopic (exact) mass is 1540 g/mol. The summed E-state index contributed by atoms with van der Waals surface area (Å²) in [6.07, 6.45) is 66.5. The molecule has 105 heavy (non-hydrogen) atoms. The number of hydrogen-bond acceptors (Lipinski definition) is 15. The number of rotatable bonds is 84. The van der Waals surface area contributed by atoms with Gasteiger partial charge in [-0.1, -0.05) is 402 Å². The van der Waals surface area contributed by atoms with E-state index in [0.717, 1.165) is 108 Å². The van der Waals surface area contributed by atoms with Crippen LogP contribution in [-0.4, -0.2) is 96.7 Å². The van der Waals surface area contributed by atoms with Crippen molar-refractivity contribution < 1.29 is 80.2 Å². The van der Waals surface area contributed by atoms with Gasteiger partial charge in [0, 0.05) is 25.7 Å². The minimum atomic E-state index is -4.97. The highest BCUT2D eigenvalue weighted by Crippen LogP contribution is 2.45. The van der Waals surface area contributed by atoms with Gasteiger partial charge in [-0.15, -0.1) is 0 Å². The van der Waals surface area contributed by atoms with Crippen LogP contribution in [0.4, 0.5) is 0 Å². The Kier molecular flexibility index (Phi) is 74.7. The lowest BCUT2D eigenvalue weighted by Gasteiger charge is -2.21. The minimum absolute atomic E-state index is 0.108. The molecule has 624 valence electrons. The molecule has 6 atom stereocenters. The molecular weight excluding hydrogens is 1370 g/mol. The van der Waals surface area contributed by atoms with Gasteiger partial charge in [0.15, 0.2) is 12.2 Å². The molecule has 0 aromatic carbocycles. The lowest BCUT2D eigenvalue weighted by molar-refractivity contribution is -0.161. The molecule has 0 aliphatic heterocycles. The number of esters is 4. The van der Waals surface area contributed by atoms with Crippen molar-refractivity contribution in [3.8, 4) is 0 Å². The third-order valence-corrected chi connectivity index (χ3v) is 22.4. The number of unbranched alkanes of at least 4 members (excludes halogenated alkanes) is 51. The summed E-state index contributed by atoms with van der Waals surface area (Å²) in [6.45, 7) is 12.1. The van der Waals surface area contributed by atoms with E-state index in [0.29, 0.717) is 25.7 Å². The number of hydrogen-bond donors (Lipinski definition) is 3. The molecule has 3 unspecified atom stereocenters. The molecule has 0 bridgehead atoms. The first-order valence-electron chi connectivity index (χ1n) is 44.4. The molecule has 3 N–H and O–H groups in total. The van der Waals surface area contributed by atoms with Crippen LogP contribution in [0, 0.1) is 17.8 Å². The minimum Gasteiger partial charge on any atom is -0.462 e. The highest BCUT2D eigenvalue weighted by molar-refractivity contribution is 7.47. The molecule has 0 aliphatic rings. The normalized spacial score (nSPS) is 14.1. The van der Waals surface area contributed by atoms with E-state index in [4.69, 9.17) is 37.0 Å². The van der Waals surface area contributed by atoms with Gasteiger partial charge in [-0.05, 0) is 43.4 Å². The number of carbonyl (C=O) groups is 4. The molecule has 0 fully saturated rings. The highest BCUT2D eigenvalue weighted by Gasteiger charge is 2.30. The van der Waals surface area contributed by atoms with Crippen molar-refractivity contribution in [3.63, 3.8) is 0 Å². The maximum atomic E-state index is 13.1. The van der Waals surface area contributed by atoms with Crippen LogP contribution in [0.5, 0.6) is 0 Å². The average Bonchev–Trinajstić information content (AvgIpc) is 0.930. The fourth-order valence-electron chi connectivity index (χ4n) is 13.3. The molecule has 0 radical (unpaired) electrons. The molecule has 0 saturated carbocycles. The summed E-state index contributed by atoms with van der Waals surface area (Å²) in [5.74, 6) is 0.300. The number of aliphatic hydroxyl groups is 1. The third kappa shape index (κ3) is 78.5. The summed E-state index contributed by atoms with van der Waals surface area (Å²) in [4.78, 5) is 73.3. The van der Waals surface area contributed by atoms with Crippen molar-refractivity contribution in [2.45, 2.75) is 471 Å². The van der Waals surface area contributed by atoms with Crippen LogP contribution in [0.1, 0.15) is 453 Å². The van der Waals surface area contributed by atoms with Gasteiger partial charge in [0.1, 0.15) is 19.3 Å². The van der Waals surface area contributed by atoms with Crippen molar-refractivity contribution in [1.82, 2.24) is 0 Å². The van der Waals surface area contributed by atoms with Gasteiger partial charge in [0.05, 0.1) is 26.4 Å². The molecule has 17 nitrogen and oxygen atoms in total. The van der Waals surface area contributed by atoms with E-state index in [-0.39, 0.29) is 25.7 Å². The van der Waals surface area contributed by atoms with E-state index in [2.05, 4.69) is 48.5 Å². The first-order valence-corrected chi connectivity index (χ1v) is 47.4. The molecule has 19 heteroatoms. The van der Waals surface area contributed by atoms with Crippen LogP contribution in [0.2, 0.25) is 0 Å². The number of ether oxygens (including phenoxy) is 4. The number of phosphoric ester groups is 2. The zero-order valence-corrected chi connectivity index (χ0v) is 71.0. The van der Waals surface area contributed by atoms with E-state index < -0.39 is 97.5 Å². The first kappa shape index (κ1) is 103. The average molecular weight is 1540 g/mol. The first-order chi connectivity index (χ1) is 50.8. The molecule has 0 saturated heterocycles. The number of phosphoric acid groups is 2. The fraction of sp³-hybridized carbons (Fsp3) is 0.953. The molecule has 0 aromatic rings. The van der Waals surface area contributed by atoms with Crippen LogP contribution in [0.15, 0.2) is 0 Å². The fourth-order valence-corrected chi connectivity index (χ4v) is 14.9. The lowest BCUT2D eigenvalue weighted by atomic mass is 9.99. The van der Waals surface area contributed by atoms with Crippen LogP contribution in [-0.2, 0) is 65.4 Å². The SMILES string of the molecule is CCCCCCCCCCCCCCCCCCC(=O)O[C@H](COC(=O)CCCCCCCCCCCC(C)C)COP(=O)(O)OC[C@H](O)COP(=O)(O)OC[C@@H](COC(=O)CCCCCCCCCCCCCCCCC(C)CC)OC(=O)CCCCCCCCCCCCCCCCCCC(C)C. The summed E-state index contributed by atoms with van der Waals surface area (Å²) in [5.41, 5.74) is 0. The third-order valence-electron chi connectivity index (χ3n) is 20.5. The number of aliphatic hydroxyl groups excluding tert-OH is 1. The van der Waals surface area contributed by atoms with Crippen LogP contribution in [0.3, 0.4) is 0 Å². The quantitative estimate of drug-likeness (QED) is 0.0222. The summed E-state index contributed by atoms with van der Waals surface area (Å²) < 4.78 is 68.9. The largest absolute Gasteiger partial charge is 0.472 e. The van der Waals surface area contributed by atoms with Crippen LogP contribution in [0.25, 0.3) is 0 Å². The highest BCUT2D eigenvalue weighted by atomic mass is 31.2. The van der Waals surface area contributed by atoms with Gasteiger partial charge in [0.2, 0.25) is 0 Å².